The third-order valence-corrected chi connectivity index (χ3v) is 5.97. The number of fused-ring (bicyclic) bond motifs is 1. The second kappa shape index (κ2) is 8.05. The van der Waals surface area contributed by atoms with Gasteiger partial charge in [0.25, 0.3) is 5.91 Å². The lowest BCUT2D eigenvalue weighted by Crippen LogP contribution is -2.35. The smallest absolute Gasteiger partial charge is 0.264 e. The minimum atomic E-state index is -0.0382. The van der Waals surface area contributed by atoms with Gasteiger partial charge in [0.15, 0.2) is 6.61 Å². The Morgan fingerprint density at radius 3 is 2.63 bits per heavy atom. The number of rotatable bonds is 4. The number of anilines is 2. The Morgan fingerprint density at radius 2 is 1.85 bits per heavy atom. The Kier molecular flexibility index (Phi) is 5.34. The molecule has 2 heterocycles. The summed E-state index contributed by atoms with van der Waals surface area (Å²) in [6.07, 6.45) is 2.48. The molecule has 1 fully saturated rings. The number of benzene rings is 2. The van der Waals surface area contributed by atoms with E-state index < -0.39 is 0 Å². The van der Waals surface area contributed by atoms with Gasteiger partial charge in [-0.25, -0.2) is 0 Å². The molecular weight excluding hydrogens is 360 g/mol. The van der Waals surface area contributed by atoms with Crippen molar-refractivity contribution in [2.24, 2.45) is 0 Å². The average Bonchev–Trinajstić information content (AvgIpc) is 3.01. The van der Waals surface area contributed by atoms with Crippen LogP contribution in [-0.4, -0.2) is 37.3 Å². The summed E-state index contributed by atoms with van der Waals surface area (Å²) in [7, 11) is 0. The van der Waals surface area contributed by atoms with E-state index in [0.717, 1.165) is 41.4 Å². The highest BCUT2D eigenvalue weighted by atomic mass is 32.2. The van der Waals surface area contributed by atoms with Gasteiger partial charge in [-0.2, -0.15) is 0 Å². The van der Waals surface area contributed by atoms with Gasteiger partial charge < -0.3 is 14.5 Å². The normalized spacial score (nSPS) is 16.8. The van der Waals surface area contributed by atoms with Gasteiger partial charge in [0, 0.05) is 30.1 Å². The van der Waals surface area contributed by atoms with Crippen molar-refractivity contribution < 1.29 is 14.3 Å². The monoisotopic (exact) mass is 382 g/mol. The molecule has 0 saturated carbocycles. The van der Waals surface area contributed by atoms with E-state index in [-0.39, 0.29) is 18.4 Å². The van der Waals surface area contributed by atoms with Crippen molar-refractivity contribution in [3.63, 3.8) is 0 Å². The van der Waals surface area contributed by atoms with Crippen molar-refractivity contribution in [1.29, 1.82) is 0 Å². The van der Waals surface area contributed by atoms with E-state index >= 15 is 0 Å². The molecule has 0 radical (unpaired) electrons. The van der Waals surface area contributed by atoms with Crippen molar-refractivity contribution in [1.82, 2.24) is 0 Å². The lowest BCUT2D eigenvalue weighted by molar-refractivity contribution is -0.120. The number of para-hydroxylation sites is 1. The van der Waals surface area contributed by atoms with Gasteiger partial charge in [-0.3, -0.25) is 9.59 Å². The van der Waals surface area contributed by atoms with Crippen LogP contribution in [-0.2, 0) is 9.59 Å². The summed E-state index contributed by atoms with van der Waals surface area (Å²) in [6.45, 7) is 1.48. The number of thioether (sulfide) groups is 1. The van der Waals surface area contributed by atoms with Crippen molar-refractivity contribution >= 4 is 35.0 Å². The van der Waals surface area contributed by atoms with Gasteiger partial charge in [-0.15, -0.1) is 11.8 Å². The lowest BCUT2D eigenvalue weighted by atomic mass is 10.2. The predicted octanol–water partition coefficient (Wildman–Crippen LogP) is 3.72. The molecule has 0 bridgehead atoms. The standard InChI is InChI=1S/C21H22N2O3S/c24-20-7-3-12-22(20)16-8-10-17(11-9-16)26-15-21(25)23-13-4-14-27-19-6-2-1-5-18(19)23/h1-2,5-6,8-11H,3-4,7,12-15H2. The van der Waals surface area contributed by atoms with Crippen LogP contribution in [0.3, 0.4) is 0 Å². The zero-order valence-electron chi connectivity index (χ0n) is 15.1. The summed E-state index contributed by atoms with van der Waals surface area (Å²) in [6, 6.07) is 15.4. The third kappa shape index (κ3) is 3.95. The molecule has 0 aromatic heterocycles. The van der Waals surface area contributed by atoms with E-state index in [1.54, 1.807) is 16.7 Å². The number of hydrogen-bond acceptors (Lipinski definition) is 4. The summed E-state index contributed by atoms with van der Waals surface area (Å²) in [5.74, 6) is 1.77. The number of hydrogen-bond donors (Lipinski definition) is 0. The molecule has 140 valence electrons. The molecule has 2 aliphatic rings. The van der Waals surface area contributed by atoms with Crippen LogP contribution in [0.1, 0.15) is 19.3 Å². The molecule has 0 unspecified atom stereocenters. The maximum atomic E-state index is 12.7. The van der Waals surface area contributed by atoms with Crippen LogP contribution in [0.15, 0.2) is 53.4 Å². The predicted molar refractivity (Wildman–Crippen MR) is 108 cm³/mol. The fourth-order valence-electron chi connectivity index (χ4n) is 3.45. The molecule has 1 saturated heterocycles. The molecule has 27 heavy (non-hydrogen) atoms. The Hall–Kier alpha value is -2.47. The van der Waals surface area contributed by atoms with Crippen LogP contribution in [0.4, 0.5) is 11.4 Å². The van der Waals surface area contributed by atoms with Gasteiger partial charge in [0.1, 0.15) is 5.75 Å². The van der Waals surface area contributed by atoms with E-state index in [1.807, 2.05) is 47.4 Å². The fraction of sp³-hybridized carbons (Fsp3) is 0.333. The molecule has 0 spiro atoms. The second-order valence-corrected chi connectivity index (χ2v) is 7.78. The minimum Gasteiger partial charge on any atom is -0.484 e. The first kappa shape index (κ1) is 17.9. The maximum Gasteiger partial charge on any atom is 0.264 e. The van der Waals surface area contributed by atoms with Crippen molar-refractivity contribution in [2.75, 3.05) is 35.2 Å². The SMILES string of the molecule is O=C1CCCN1c1ccc(OCC(=O)N2CCCSc3ccccc32)cc1. The molecule has 2 aromatic rings. The van der Waals surface area contributed by atoms with Crippen molar-refractivity contribution in [2.45, 2.75) is 24.2 Å². The van der Waals surface area contributed by atoms with Crippen LogP contribution in [0.5, 0.6) is 5.75 Å². The lowest BCUT2D eigenvalue weighted by Gasteiger charge is -2.22. The molecule has 0 N–H and O–H groups in total. The second-order valence-electron chi connectivity index (χ2n) is 6.65. The molecule has 2 aromatic carbocycles. The fourth-order valence-corrected chi connectivity index (χ4v) is 4.45. The number of carbonyl (C=O) groups is 2. The van der Waals surface area contributed by atoms with Gasteiger partial charge in [0.05, 0.1) is 5.69 Å². The molecule has 2 amide bonds. The highest BCUT2D eigenvalue weighted by molar-refractivity contribution is 7.99. The first-order valence-electron chi connectivity index (χ1n) is 9.28. The Bertz CT molecular complexity index is 838. The minimum absolute atomic E-state index is 0.000985. The summed E-state index contributed by atoms with van der Waals surface area (Å²) >= 11 is 1.79. The molecule has 0 aliphatic carbocycles. The Balaban J connectivity index is 1.40. The number of amides is 2. The Morgan fingerprint density at radius 1 is 1.04 bits per heavy atom. The molecular formula is C21H22N2O3S. The summed E-state index contributed by atoms with van der Waals surface area (Å²) < 4.78 is 5.72. The van der Waals surface area contributed by atoms with Crippen molar-refractivity contribution in [3.8, 4) is 5.75 Å². The van der Waals surface area contributed by atoms with E-state index in [2.05, 4.69) is 6.07 Å². The van der Waals surface area contributed by atoms with E-state index in [4.69, 9.17) is 4.74 Å². The summed E-state index contributed by atoms with van der Waals surface area (Å²) in [5, 5.41) is 0. The van der Waals surface area contributed by atoms with Crippen molar-refractivity contribution in [3.05, 3.63) is 48.5 Å². The van der Waals surface area contributed by atoms with E-state index in [9.17, 15) is 9.59 Å². The zero-order chi connectivity index (χ0) is 18.6. The summed E-state index contributed by atoms with van der Waals surface area (Å²) in [5.41, 5.74) is 1.85. The van der Waals surface area contributed by atoms with Crippen LogP contribution in [0.2, 0.25) is 0 Å². The maximum absolute atomic E-state index is 12.7. The molecule has 6 heteroatoms. The van der Waals surface area contributed by atoms with E-state index in [0.29, 0.717) is 18.7 Å². The quantitative estimate of drug-likeness (QED) is 0.809. The highest BCUT2D eigenvalue weighted by Gasteiger charge is 2.23. The molecule has 0 atom stereocenters. The first-order chi connectivity index (χ1) is 13.2. The molecule has 2 aliphatic heterocycles. The van der Waals surface area contributed by atoms with Gasteiger partial charge in [0.2, 0.25) is 5.91 Å². The number of nitrogens with zero attached hydrogens (tertiary/aromatic N) is 2. The van der Waals surface area contributed by atoms with Crippen LogP contribution < -0.4 is 14.5 Å². The van der Waals surface area contributed by atoms with Crippen LogP contribution in [0, 0.1) is 0 Å². The average molecular weight is 382 g/mol. The summed E-state index contributed by atoms with van der Waals surface area (Å²) in [4.78, 5) is 29.3. The first-order valence-corrected chi connectivity index (χ1v) is 10.3. The number of ether oxygens (including phenoxy) is 1. The zero-order valence-corrected chi connectivity index (χ0v) is 15.9. The van der Waals surface area contributed by atoms with Crippen LogP contribution >= 0.6 is 11.8 Å². The third-order valence-electron chi connectivity index (χ3n) is 4.82. The molecule has 4 rings (SSSR count). The highest BCUT2D eigenvalue weighted by Crippen LogP contribution is 2.33. The molecule has 5 nitrogen and oxygen atoms in total. The topological polar surface area (TPSA) is 49.9 Å². The van der Waals surface area contributed by atoms with Gasteiger partial charge in [-0.05, 0) is 55.0 Å². The van der Waals surface area contributed by atoms with E-state index in [1.165, 1.54) is 0 Å². The van der Waals surface area contributed by atoms with Gasteiger partial charge >= 0.3 is 0 Å². The van der Waals surface area contributed by atoms with Crippen LogP contribution in [0.25, 0.3) is 0 Å². The van der Waals surface area contributed by atoms with Gasteiger partial charge in [-0.1, -0.05) is 12.1 Å². The number of carbonyl (C=O) groups excluding carboxylic acids is 2. The largest absolute Gasteiger partial charge is 0.484 e. The Labute approximate surface area is 163 Å².